The summed E-state index contributed by atoms with van der Waals surface area (Å²) < 4.78 is 37.9. The van der Waals surface area contributed by atoms with Crippen molar-refractivity contribution in [2.75, 3.05) is 27.3 Å². The average molecular weight is 591 g/mol. The first kappa shape index (κ1) is 28.3. The van der Waals surface area contributed by atoms with Crippen LogP contribution in [0.3, 0.4) is 0 Å². The first-order chi connectivity index (χ1) is 17.6. The van der Waals surface area contributed by atoms with Crippen molar-refractivity contribution in [3.05, 3.63) is 87.6 Å². The van der Waals surface area contributed by atoms with Gasteiger partial charge >= 0.3 is 11.9 Å². The number of aryl methyl sites for hydroxylation is 1. The van der Waals surface area contributed by atoms with Gasteiger partial charge in [-0.25, -0.2) is 13.2 Å². The Morgan fingerprint density at radius 3 is 2.24 bits per heavy atom. The fraction of sp³-hybridized carbons (Fsp3) is 0.269. The van der Waals surface area contributed by atoms with Gasteiger partial charge in [-0.15, -0.1) is 0 Å². The average Bonchev–Trinajstić information content (AvgIpc) is 2.89. The van der Waals surface area contributed by atoms with Crippen LogP contribution in [0, 0.1) is 6.92 Å². The number of carbonyl (C=O) groups excluding carboxylic acids is 3. The number of hydrogen-bond acceptors (Lipinski definition) is 8. The van der Waals surface area contributed by atoms with Gasteiger partial charge in [-0.05, 0) is 30.7 Å². The molecule has 3 rings (SSSR count). The molecular formula is C26H27BrN2O7S. The summed E-state index contributed by atoms with van der Waals surface area (Å²) in [6.45, 7) is 0.792. The number of ketones is 1. The Morgan fingerprint density at radius 2 is 1.65 bits per heavy atom. The number of ether oxygens (including phenoxy) is 2. The van der Waals surface area contributed by atoms with Crippen LogP contribution in [-0.2, 0) is 40.3 Å². The first-order valence-electron chi connectivity index (χ1n) is 11.2. The van der Waals surface area contributed by atoms with Gasteiger partial charge in [0, 0.05) is 16.6 Å². The highest BCUT2D eigenvalue weighted by molar-refractivity contribution is 9.11. The van der Waals surface area contributed by atoms with Crippen LogP contribution in [0.4, 0.5) is 0 Å². The molecule has 0 aromatic heterocycles. The van der Waals surface area contributed by atoms with Crippen molar-refractivity contribution >= 4 is 43.7 Å². The summed E-state index contributed by atoms with van der Waals surface area (Å²) in [5.41, 5.74) is 1.79. The van der Waals surface area contributed by atoms with Gasteiger partial charge in [0.05, 0.1) is 31.2 Å². The lowest BCUT2D eigenvalue weighted by molar-refractivity contribution is -0.140. The van der Waals surface area contributed by atoms with E-state index in [0.717, 1.165) is 22.5 Å². The molecule has 1 aliphatic rings. The molecule has 0 saturated heterocycles. The summed E-state index contributed by atoms with van der Waals surface area (Å²) in [5, 5.41) is 3.00. The molecule has 1 heterocycles. The second kappa shape index (κ2) is 12.3. The molecule has 1 atom stereocenters. The van der Waals surface area contributed by atoms with Crippen LogP contribution >= 0.6 is 15.9 Å². The highest BCUT2D eigenvalue weighted by Gasteiger charge is 2.34. The largest absolute Gasteiger partial charge is 0.468 e. The summed E-state index contributed by atoms with van der Waals surface area (Å²) in [5.74, 6) is -1.74. The maximum absolute atomic E-state index is 13.5. The van der Waals surface area contributed by atoms with Crippen LogP contribution in [0.1, 0.15) is 11.1 Å². The third-order valence-corrected chi connectivity index (χ3v) is 8.17. The monoisotopic (exact) mass is 590 g/mol. The van der Waals surface area contributed by atoms with E-state index in [2.05, 4.69) is 21.2 Å². The zero-order valence-electron chi connectivity index (χ0n) is 20.6. The standard InChI is InChI=1S/C26H27BrN2O7S/c1-17-9-11-19(12-10-17)37(33,34)29(16-24(31)35-2)15-22-20(26(32)36-3)14-21(27)25(28-22)23(30)13-18-7-5-4-6-8-18/h4-12,14,25,28H,13,15-16H2,1-3H3. The summed E-state index contributed by atoms with van der Waals surface area (Å²) in [6.07, 6.45) is 1.54. The Morgan fingerprint density at radius 1 is 1.00 bits per heavy atom. The molecule has 37 heavy (non-hydrogen) atoms. The van der Waals surface area contributed by atoms with Crippen molar-refractivity contribution in [3.8, 4) is 0 Å². The zero-order chi connectivity index (χ0) is 27.2. The third-order valence-electron chi connectivity index (χ3n) is 5.68. The SMILES string of the molecule is COC(=O)CN(CC1=C(C(=O)OC)C=C(Br)C(C(=O)Cc2ccccc2)N1)S(=O)(=O)c1ccc(C)cc1. The fourth-order valence-corrected chi connectivity index (χ4v) is 5.61. The minimum atomic E-state index is -4.19. The molecule has 0 bridgehead atoms. The smallest absolute Gasteiger partial charge is 0.339 e. The predicted octanol–water partition coefficient (Wildman–Crippen LogP) is 2.65. The van der Waals surface area contributed by atoms with Crippen molar-refractivity contribution in [2.24, 2.45) is 0 Å². The summed E-state index contributed by atoms with van der Waals surface area (Å²) in [7, 11) is -1.85. The second-order valence-electron chi connectivity index (χ2n) is 8.28. The molecule has 11 heteroatoms. The summed E-state index contributed by atoms with van der Waals surface area (Å²) in [6, 6.07) is 14.4. The van der Waals surface area contributed by atoms with Gasteiger partial charge in [-0.1, -0.05) is 64.0 Å². The number of rotatable bonds is 10. The van der Waals surface area contributed by atoms with E-state index in [1.807, 2.05) is 37.3 Å². The van der Waals surface area contributed by atoms with Crippen LogP contribution in [0.5, 0.6) is 0 Å². The van der Waals surface area contributed by atoms with Gasteiger partial charge in [-0.2, -0.15) is 4.31 Å². The van der Waals surface area contributed by atoms with E-state index in [4.69, 9.17) is 9.47 Å². The molecule has 1 aliphatic heterocycles. The van der Waals surface area contributed by atoms with E-state index in [-0.39, 0.29) is 28.4 Å². The molecule has 1 unspecified atom stereocenters. The van der Waals surface area contributed by atoms with Crippen LogP contribution < -0.4 is 5.32 Å². The van der Waals surface area contributed by atoms with Crippen LogP contribution in [-0.4, -0.2) is 63.8 Å². The molecule has 2 aromatic carbocycles. The second-order valence-corrected chi connectivity index (χ2v) is 11.1. The molecule has 196 valence electrons. The molecule has 0 spiro atoms. The topological polar surface area (TPSA) is 119 Å². The lowest BCUT2D eigenvalue weighted by atomic mass is 9.98. The van der Waals surface area contributed by atoms with Crippen molar-refractivity contribution < 1.29 is 32.3 Å². The molecule has 2 aromatic rings. The highest BCUT2D eigenvalue weighted by atomic mass is 79.9. The minimum Gasteiger partial charge on any atom is -0.468 e. The zero-order valence-corrected chi connectivity index (χ0v) is 23.0. The number of benzene rings is 2. The van der Waals surface area contributed by atoms with Gasteiger partial charge < -0.3 is 14.8 Å². The number of hydrogen-bond donors (Lipinski definition) is 1. The van der Waals surface area contributed by atoms with E-state index in [1.165, 1.54) is 25.3 Å². The van der Waals surface area contributed by atoms with Crippen LogP contribution in [0.25, 0.3) is 0 Å². The van der Waals surface area contributed by atoms with E-state index in [9.17, 15) is 22.8 Å². The molecule has 0 fully saturated rings. The number of Topliss-reactive ketones (excluding diaryl/α,β-unsaturated/α-hetero) is 1. The number of carbonyl (C=O) groups is 3. The number of nitrogens with one attached hydrogen (secondary N) is 1. The minimum absolute atomic E-state index is 0.0205. The van der Waals surface area contributed by atoms with Gasteiger partial charge in [0.15, 0.2) is 5.78 Å². The van der Waals surface area contributed by atoms with E-state index >= 15 is 0 Å². The van der Waals surface area contributed by atoms with E-state index < -0.39 is 41.1 Å². The Kier molecular flexibility index (Phi) is 9.41. The van der Waals surface area contributed by atoms with Gasteiger partial charge in [-0.3, -0.25) is 9.59 Å². The van der Waals surface area contributed by atoms with Gasteiger partial charge in [0.25, 0.3) is 0 Å². The number of nitrogens with zero attached hydrogens (tertiary/aromatic N) is 1. The van der Waals surface area contributed by atoms with Crippen LogP contribution in [0.15, 0.2) is 81.3 Å². The van der Waals surface area contributed by atoms with Gasteiger partial charge in [0.2, 0.25) is 10.0 Å². The Bertz CT molecular complexity index is 1340. The first-order valence-corrected chi connectivity index (χ1v) is 13.5. The van der Waals surface area contributed by atoms with E-state index in [0.29, 0.717) is 4.48 Å². The normalized spacial score (nSPS) is 15.6. The van der Waals surface area contributed by atoms with E-state index in [1.54, 1.807) is 12.1 Å². The Labute approximate surface area is 224 Å². The number of dihydropyridines is 1. The Hall–Kier alpha value is -3.28. The maximum atomic E-state index is 13.5. The van der Waals surface area contributed by atoms with Crippen molar-refractivity contribution in [1.82, 2.24) is 9.62 Å². The number of halogens is 1. The summed E-state index contributed by atoms with van der Waals surface area (Å²) >= 11 is 3.36. The quantitative estimate of drug-likeness (QED) is 0.419. The molecule has 0 aliphatic carbocycles. The molecule has 9 nitrogen and oxygen atoms in total. The van der Waals surface area contributed by atoms with Crippen molar-refractivity contribution in [2.45, 2.75) is 24.3 Å². The lowest BCUT2D eigenvalue weighted by Gasteiger charge is -2.30. The molecular weight excluding hydrogens is 564 g/mol. The molecule has 0 saturated carbocycles. The fourth-order valence-electron chi connectivity index (χ4n) is 3.66. The summed E-state index contributed by atoms with van der Waals surface area (Å²) in [4.78, 5) is 37.9. The predicted molar refractivity (Wildman–Crippen MR) is 140 cm³/mol. The lowest BCUT2D eigenvalue weighted by Crippen LogP contribution is -2.46. The third kappa shape index (κ3) is 6.94. The van der Waals surface area contributed by atoms with Gasteiger partial charge in [0.1, 0.15) is 12.6 Å². The van der Waals surface area contributed by atoms with Crippen molar-refractivity contribution in [1.29, 1.82) is 0 Å². The highest BCUT2D eigenvalue weighted by Crippen LogP contribution is 2.27. The molecule has 1 N–H and O–H groups in total. The number of methoxy groups -OCH3 is 2. The number of esters is 2. The molecule has 0 radical (unpaired) electrons. The Balaban J connectivity index is 1.99. The molecule has 0 amide bonds. The number of sulfonamides is 1. The van der Waals surface area contributed by atoms with Crippen LogP contribution in [0.2, 0.25) is 0 Å². The maximum Gasteiger partial charge on any atom is 0.339 e. The van der Waals surface area contributed by atoms with Crippen molar-refractivity contribution in [3.63, 3.8) is 0 Å².